The molecule has 1 aliphatic carbocycles. The van der Waals surface area contributed by atoms with E-state index < -0.39 is 38.3 Å². The van der Waals surface area contributed by atoms with Gasteiger partial charge in [-0.1, -0.05) is 18.2 Å². The number of rotatable bonds is 7. The minimum atomic E-state index is -5.11. The molecule has 32 heavy (non-hydrogen) atoms. The first-order valence-electron chi connectivity index (χ1n) is 8.49. The van der Waals surface area contributed by atoms with Crippen LogP contribution in [0.15, 0.2) is 36.1 Å². The number of aldehydes is 1. The van der Waals surface area contributed by atoms with E-state index in [4.69, 9.17) is 0 Å². The molecule has 3 rings (SSSR count). The Morgan fingerprint density at radius 2 is 1.84 bits per heavy atom. The number of carboxylic acid groups (broad SMARTS) is 1. The number of carbonyl (C=O) groups is 4. The second kappa shape index (κ2) is 11.1. The standard InChI is InChI=1S/C17H16N4O8S.2Na/c22-9-10-3-1-2-6-17(10,30(27,28)29)20-19-13-7-12(11(8-18-13)16(25)26)21-14(23)4-5-15(21)24;;/h1-3,7-9,20H,4-6H2,(H,18,19)(H,25,26)(H,27,28,29);;/q;2*+1/p-2. The molecule has 2 N–H and O–H groups in total. The van der Waals surface area contributed by atoms with Crippen molar-refractivity contribution in [3.63, 3.8) is 0 Å². The zero-order valence-corrected chi connectivity index (χ0v) is 22.0. The smallest absolute Gasteiger partial charge is 0.746 e. The molecule has 2 amide bonds. The summed E-state index contributed by atoms with van der Waals surface area (Å²) in [5.41, 5.74) is 3.40. The number of nitrogens with one attached hydrogen (secondary N) is 2. The number of nitrogens with zero attached hydrogens (tertiary/aromatic N) is 2. The normalized spacial score (nSPS) is 20.2. The van der Waals surface area contributed by atoms with Crippen LogP contribution in [0.2, 0.25) is 0 Å². The van der Waals surface area contributed by atoms with E-state index in [-0.39, 0.29) is 102 Å². The number of imide groups is 1. The van der Waals surface area contributed by atoms with Gasteiger partial charge in [0, 0.05) is 42.7 Å². The Balaban J connectivity index is 0.00000256. The fourth-order valence-electron chi connectivity index (χ4n) is 3.09. The summed E-state index contributed by atoms with van der Waals surface area (Å²) in [4.78, 5) is 48.8. The number of hydrogen-bond donors (Lipinski definition) is 2. The van der Waals surface area contributed by atoms with Crippen LogP contribution in [0, 0.1) is 0 Å². The predicted octanol–water partition coefficient (Wildman–Crippen LogP) is -7.65. The molecule has 1 aromatic rings. The molecule has 0 saturated carbocycles. The Morgan fingerprint density at radius 1 is 1.22 bits per heavy atom. The Morgan fingerprint density at radius 3 is 2.38 bits per heavy atom. The summed E-state index contributed by atoms with van der Waals surface area (Å²) >= 11 is 0. The minimum absolute atomic E-state index is 0. The largest absolute Gasteiger partial charge is 1.00 e. The van der Waals surface area contributed by atoms with Crippen LogP contribution in [-0.4, -0.2) is 46.9 Å². The number of aromatic carboxylic acids is 1. The molecule has 1 fully saturated rings. The second-order valence-corrected chi connectivity index (χ2v) is 8.01. The van der Waals surface area contributed by atoms with Crippen molar-refractivity contribution in [2.24, 2.45) is 0 Å². The van der Waals surface area contributed by atoms with Crippen molar-refractivity contribution >= 4 is 45.7 Å². The van der Waals surface area contributed by atoms with E-state index in [1.807, 2.05) is 0 Å². The summed E-state index contributed by atoms with van der Waals surface area (Å²) in [6, 6.07) is 1.01. The quantitative estimate of drug-likeness (QED) is 0.124. The maximum Gasteiger partial charge on any atom is 1.00 e. The molecule has 1 saturated heterocycles. The zero-order chi connectivity index (χ0) is 22.1. The predicted molar refractivity (Wildman–Crippen MR) is 97.4 cm³/mol. The summed E-state index contributed by atoms with van der Waals surface area (Å²) in [6.45, 7) is 0. The van der Waals surface area contributed by atoms with Crippen LogP contribution in [0.25, 0.3) is 0 Å². The molecular weight excluding hydrogens is 466 g/mol. The van der Waals surface area contributed by atoms with Crippen LogP contribution in [0.3, 0.4) is 0 Å². The van der Waals surface area contributed by atoms with Crippen LogP contribution in [0.1, 0.15) is 29.6 Å². The topological polar surface area (TPSA) is 189 Å². The molecule has 2 heterocycles. The maximum absolute atomic E-state index is 12.0. The molecular formula is C17H14N4Na2O8S. The summed E-state index contributed by atoms with van der Waals surface area (Å²) in [5, 5.41) is 11.4. The van der Waals surface area contributed by atoms with Gasteiger partial charge < -0.3 is 19.9 Å². The first kappa shape index (κ1) is 28.6. The third-order valence-corrected chi connectivity index (χ3v) is 5.98. The van der Waals surface area contributed by atoms with Gasteiger partial charge in [-0.25, -0.2) is 23.7 Å². The van der Waals surface area contributed by atoms with Crippen molar-refractivity contribution in [2.45, 2.75) is 24.1 Å². The van der Waals surface area contributed by atoms with Gasteiger partial charge in [-0.3, -0.25) is 14.4 Å². The van der Waals surface area contributed by atoms with E-state index in [1.54, 1.807) is 0 Å². The number of amides is 2. The van der Waals surface area contributed by atoms with Gasteiger partial charge in [-0.15, -0.1) is 0 Å². The van der Waals surface area contributed by atoms with E-state index in [0.717, 1.165) is 18.3 Å². The number of allylic oxidation sites excluding steroid dienone is 2. The van der Waals surface area contributed by atoms with Gasteiger partial charge in [0.15, 0.2) is 4.87 Å². The molecule has 15 heteroatoms. The molecule has 158 valence electrons. The van der Waals surface area contributed by atoms with E-state index in [2.05, 4.69) is 15.8 Å². The van der Waals surface area contributed by atoms with Crippen molar-refractivity contribution in [3.8, 4) is 0 Å². The molecule has 0 radical (unpaired) electrons. The summed E-state index contributed by atoms with van der Waals surface area (Å²) in [7, 11) is -5.11. The van der Waals surface area contributed by atoms with E-state index in [0.29, 0.717) is 4.90 Å². The SMILES string of the molecule is O=CC1=CC=CCC1(NNc1cc(N2C(=O)CCC2=O)c(C(=O)[O-])cn1)S(=O)(=O)[O-].[Na+].[Na+]. The van der Waals surface area contributed by atoms with Crippen molar-refractivity contribution in [2.75, 3.05) is 10.3 Å². The number of carbonyl (C=O) groups excluding carboxylic acids is 4. The molecule has 0 spiro atoms. The van der Waals surface area contributed by atoms with Gasteiger partial charge >= 0.3 is 59.1 Å². The monoisotopic (exact) mass is 480 g/mol. The van der Waals surface area contributed by atoms with Crippen molar-refractivity contribution in [3.05, 3.63) is 41.6 Å². The first-order valence-corrected chi connectivity index (χ1v) is 9.90. The van der Waals surface area contributed by atoms with Gasteiger partial charge in [-0.2, -0.15) is 0 Å². The Kier molecular flexibility index (Phi) is 9.96. The van der Waals surface area contributed by atoms with Crippen molar-refractivity contribution < 1.29 is 96.4 Å². The average Bonchev–Trinajstić information content (AvgIpc) is 3.03. The second-order valence-electron chi connectivity index (χ2n) is 6.40. The molecule has 0 bridgehead atoms. The minimum Gasteiger partial charge on any atom is -0.746 e. The van der Waals surface area contributed by atoms with Gasteiger partial charge in [0.05, 0.1) is 11.7 Å². The molecule has 12 nitrogen and oxygen atoms in total. The van der Waals surface area contributed by atoms with Crippen LogP contribution < -0.4 is 80.0 Å². The summed E-state index contributed by atoms with van der Waals surface area (Å²) in [5.74, 6) is -3.17. The first-order chi connectivity index (χ1) is 14.1. The average molecular weight is 480 g/mol. The molecule has 0 aromatic carbocycles. The van der Waals surface area contributed by atoms with E-state index in [9.17, 15) is 37.3 Å². The van der Waals surface area contributed by atoms with Gasteiger partial charge in [0.2, 0.25) is 11.8 Å². The van der Waals surface area contributed by atoms with Gasteiger partial charge in [0.25, 0.3) is 0 Å². The number of hydrogen-bond acceptors (Lipinski definition) is 11. The molecule has 1 aliphatic heterocycles. The van der Waals surface area contributed by atoms with Crippen LogP contribution >= 0.6 is 0 Å². The zero-order valence-electron chi connectivity index (χ0n) is 17.2. The Labute approximate surface area is 226 Å². The molecule has 1 aromatic heterocycles. The maximum atomic E-state index is 12.0. The number of pyridine rings is 1. The number of anilines is 2. The fraction of sp³-hybridized carbons (Fsp3) is 0.235. The van der Waals surface area contributed by atoms with Crippen LogP contribution in [0.5, 0.6) is 0 Å². The van der Waals surface area contributed by atoms with Crippen molar-refractivity contribution in [1.82, 2.24) is 10.4 Å². The van der Waals surface area contributed by atoms with E-state index in [1.165, 1.54) is 12.2 Å². The van der Waals surface area contributed by atoms with Crippen molar-refractivity contribution in [1.29, 1.82) is 0 Å². The fourth-order valence-corrected chi connectivity index (χ4v) is 3.97. The Bertz CT molecular complexity index is 1110. The van der Waals surface area contributed by atoms with E-state index >= 15 is 0 Å². The Hall–Kier alpha value is -1.42. The van der Waals surface area contributed by atoms with Gasteiger partial charge in [0.1, 0.15) is 22.2 Å². The number of hydrazine groups is 1. The third kappa shape index (κ3) is 5.38. The van der Waals surface area contributed by atoms with Gasteiger partial charge in [-0.05, 0) is 0 Å². The molecule has 2 aliphatic rings. The molecule has 1 unspecified atom stereocenters. The number of carboxylic acids is 1. The summed E-state index contributed by atoms with van der Waals surface area (Å²) < 4.78 is 35.7. The van der Waals surface area contributed by atoms with Crippen LogP contribution in [0.4, 0.5) is 11.5 Å². The third-order valence-electron chi connectivity index (χ3n) is 4.62. The molecule has 1 atom stereocenters. The van der Waals surface area contributed by atoms with Crippen LogP contribution in [-0.2, 0) is 24.5 Å². The number of aromatic nitrogens is 1. The summed E-state index contributed by atoms with van der Waals surface area (Å²) in [6.07, 6.45) is 4.36.